The summed E-state index contributed by atoms with van der Waals surface area (Å²) in [5.74, 6) is -0.830. The summed E-state index contributed by atoms with van der Waals surface area (Å²) in [6.45, 7) is 3.76. The van der Waals surface area contributed by atoms with Crippen LogP contribution in [0, 0.1) is 25.5 Å². The highest BCUT2D eigenvalue weighted by Crippen LogP contribution is 2.41. The van der Waals surface area contributed by atoms with Crippen LogP contribution < -0.4 is 10.9 Å². The number of hydrogen-bond acceptors (Lipinski definition) is 3. The van der Waals surface area contributed by atoms with Gasteiger partial charge in [0.2, 0.25) is 5.91 Å². The van der Waals surface area contributed by atoms with Crippen LogP contribution in [-0.2, 0) is 16.6 Å². The van der Waals surface area contributed by atoms with Gasteiger partial charge >= 0.3 is 0 Å². The van der Waals surface area contributed by atoms with Gasteiger partial charge in [-0.25, -0.2) is 13.8 Å². The summed E-state index contributed by atoms with van der Waals surface area (Å²) in [6.07, 6.45) is 3.81. The van der Waals surface area contributed by atoms with Gasteiger partial charge in [-0.05, 0) is 44.7 Å². The Balaban J connectivity index is 1.66. The van der Waals surface area contributed by atoms with E-state index >= 15 is 0 Å². The largest absolute Gasteiger partial charge is 0.355 e. The maximum Gasteiger partial charge on any atom is 0.254 e. The van der Waals surface area contributed by atoms with E-state index in [1.54, 1.807) is 13.8 Å². The summed E-state index contributed by atoms with van der Waals surface area (Å²) in [4.78, 5) is 31.3. The number of carbonyl (C=O) groups excluding carboxylic acids is 1. The van der Waals surface area contributed by atoms with Crippen molar-refractivity contribution in [2.24, 2.45) is 0 Å². The fraction of sp³-hybridized carbons (Fsp3) is 0.476. The summed E-state index contributed by atoms with van der Waals surface area (Å²) in [5, 5.41) is 2.89. The highest BCUT2D eigenvalue weighted by Gasteiger charge is 2.38. The van der Waals surface area contributed by atoms with Gasteiger partial charge in [-0.2, -0.15) is 0 Å². The number of aromatic amines is 1. The quantitative estimate of drug-likeness (QED) is 0.797. The molecule has 1 aliphatic rings. The van der Waals surface area contributed by atoms with Gasteiger partial charge in [0.15, 0.2) is 0 Å². The van der Waals surface area contributed by atoms with Crippen LogP contribution in [0.5, 0.6) is 0 Å². The molecule has 28 heavy (non-hydrogen) atoms. The number of carbonyl (C=O) groups is 1. The molecule has 0 atom stereocenters. The van der Waals surface area contributed by atoms with Gasteiger partial charge in [-0.3, -0.25) is 9.59 Å². The van der Waals surface area contributed by atoms with E-state index in [1.807, 2.05) is 0 Å². The molecule has 7 heteroatoms. The van der Waals surface area contributed by atoms with Gasteiger partial charge < -0.3 is 10.3 Å². The van der Waals surface area contributed by atoms with Gasteiger partial charge in [0.1, 0.15) is 17.5 Å². The van der Waals surface area contributed by atoms with Crippen molar-refractivity contribution in [2.45, 2.75) is 57.8 Å². The van der Waals surface area contributed by atoms with Crippen LogP contribution in [0.15, 0.2) is 23.0 Å². The van der Waals surface area contributed by atoms with Gasteiger partial charge in [0.25, 0.3) is 5.56 Å². The lowest BCUT2D eigenvalue weighted by Gasteiger charge is -2.30. The SMILES string of the molecule is Cc1nc(C)c(CCC(=O)NCC2(c3ccc(F)cc3F)CCCC2)c(=O)[nH]1. The molecule has 2 N–H and O–H groups in total. The molecule has 3 rings (SSSR count). The molecule has 0 saturated heterocycles. The molecular formula is C21H25F2N3O2. The van der Waals surface area contributed by atoms with E-state index in [1.165, 1.54) is 12.1 Å². The maximum atomic E-state index is 14.4. The topological polar surface area (TPSA) is 74.8 Å². The number of nitrogens with one attached hydrogen (secondary N) is 2. The van der Waals surface area contributed by atoms with Gasteiger partial charge in [-0.15, -0.1) is 0 Å². The average molecular weight is 389 g/mol. The van der Waals surface area contributed by atoms with Gasteiger partial charge in [0.05, 0.1) is 0 Å². The third-order valence-electron chi connectivity index (χ3n) is 5.63. The molecule has 0 aliphatic heterocycles. The first kappa shape index (κ1) is 20.2. The summed E-state index contributed by atoms with van der Waals surface area (Å²) in [5.41, 5.74) is 0.850. The number of aryl methyl sites for hydroxylation is 2. The van der Waals surface area contributed by atoms with E-state index in [4.69, 9.17) is 0 Å². The van der Waals surface area contributed by atoms with Crippen LogP contribution in [-0.4, -0.2) is 22.4 Å². The molecule has 1 saturated carbocycles. The zero-order valence-electron chi connectivity index (χ0n) is 16.2. The van der Waals surface area contributed by atoms with E-state index in [-0.39, 0.29) is 24.3 Å². The van der Waals surface area contributed by atoms with Crippen LogP contribution in [0.2, 0.25) is 0 Å². The third kappa shape index (κ3) is 4.29. The normalized spacial score (nSPS) is 15.6. The fourth-order valence-electron chi connectivity index (χ4n) is 4.15. The number of rotatable bonds is 6. The number of benzene rings is 1. The van der Waals surface area contributed by atoms with Crippen molar-refractivity contribution < 1.29 is 13.6 Å². The Morgan fingerprint density at radius 1 is 1.25 bits per heavy atom. The van der Waals surface area contributed by atoms with Crippen LogP contribution in [0.4, 0.5) is 8.78 Å². The molecule has 5 nitrogen and oxygen atoms in total. The van der Waals surface area contributed by atoms with E-state index in [0.717, 1.165) is 31.7 Å². The molecule has 0 spiro atoms. The number of amides is 1. The summed E-state index contributed by atoms with van der Waals surface area (Å²) in [6, 6.07) is 3.65. The predicted octanol–water partition coefficient (Wildman–Crippen LogP) is 3.23. The lowest BCUT2D eigenvalue weighted by atomic mass is 9.78. The molecule has 1 fully saturated rings. The molecule has 150 valence electrons. The summed E-state index contributed by atoms with van der Waals surface area (Å²) >= 11 is 0. The first-order valence-electron chi connectivity index (χ1n) is 9.59. The Morgan fingerprint density at radius 2 is 1.96 bits per heavy atom. The van der Waals surface area contributed by atoms with Crippen molar-refractivity contribution in [3.05, 3.63) is 62.8 Å². The van der Waals surface area contributed by atoms with Crippen LogP contribution >= 0.6 is 0 Å². The number of halogens is 2. The number of aromatic nitrogens is 2. The molecule has 1 heterocycles. The zero-order valence-corrected chi connectivity index (χ0v) is 16.2. The fourth-order valence-corrected chi connectivity index (χ4v) is 4.15. The number of nitrogens with zero attached hydrogens (tertiary/aromatic N) is 1. The molecule has 1 amide bonds. The van der Waals surface area contributed by atoms with Crippen molar-refractivity contribution in [1.29, 1.82) is 0 Å². The molecule has 0 unspecified atom stereocenters. The number of H-pyrrole nitrogens is 1. The Kier molecular flexibility index (Phi) is 5.91. The van der Waals surface area contributed by atoms with Crippen LogP contribution in [0.1, 0.15) is 54.7 Å². The monoisotopic (exact) mass is 389 g/mol. The van der Waals surface area contributed by atoms with Gasteiger partial charge in [-0.1, -0.05) is 18.9 Å². The second kappa shape index (κ2) is 8.20. The van der Waals surface area contributed by atoms with Crippen molar-refractivity contribution in [1.82, 2.24) is 15.3 Å². The zero-order chi connectivity index (χ0) is 20.3. The van der Waals surface area contributed by atoms with Crippen LogP contribution in [0.25, 0.3) is 0 Å². The summed E-state index contributed by atoms with van der Waals surface area (Å²) < 4.78 is 27.6. The predicted molar refractivity (Wildman–Crippen MR) is 102 cm³/mol. The smallest absolute Gasteiger partial charge is 0.254 e. The van der Waals surface area contributed by atoms with E-state index in [2.05, 4.69) is 15.3 Å². The molecule has 0 bridgehead atoms. The Hall–Kier alpha value is -2.57. The second-order valence-corrected chi connectivity index (χ2v) is 7.60. The molecule has 0 radical (unpaired) electrons. The highest BCUT2D eigenvalue weighted by atomic mass is 19.1. The Labute approximate surface area is 162 Å². The maximum absolute atomic E-state index is 14.4. The lowest BCUT2D eigenvalue weighted by molar-refractivity contribution is -0.121. The average Bonchev–Trinajstić information content (AvgIpc) is 3.09. The minimum absolute atomic E-state index is 0.149. The van der Waals surface area contributed by atoms with Crippen molar-refractivity contribution in [3.63, 3.8) is 0 Å². The van der Waals surface area contributed by atoms with Crippen molar-refractivity contribution in [3.8, 4) is 0 Å². The van der Waals surface area contributed by atoms with Crippen molar-refractivity contribution >= 4 is 5.91 Å². The van der Waals surface area contributed by atoms with E-state index in [9.17, 15) is 18.4 Å². The molecule has 1 aromatic carbocycles. The highest BCUT2D eigenvalue weighted by molar-refractivity contribution is 5.76. The minimum Gasteiger partial charge on any atom is -0.355 e. The molecule has 1 aliphatic carbocycles. The Morgan fingerprint density at radius 3 is 2.61 bits per heavy atom. The number of hydrogen-bond donors (Lipinski definition) is 2. The minimum atomic E-state index is -0.606. The first-order valence-corrected chi connectivity index (χ1v) is 9.59. The lowest BCUT2D eigenvalue weighted by Crippen LogP contribution is -2.39. The van der Waals surface area contributed by atoms with Gasteiger partial charge in [0, 0.05) is 35.7 Å². The molecular weight excluding hydrogens is 364 g/mol. The van der Waals surface area contributed by atoms with Crippen LogP contribution in [0.3, 0.4) is 0 Å². The first-order chi connectivity index (χ1) is 13.3. The molecule has 2 aromatic rings. The molecule has 1 aromatic heterocycles. The summed E-state index contributed by atoms with van der Waals surface area (Å²) in [7, 11) is 0. The third-order valence-corrected chi connectivity index (χ3v) is 5.63. The van der Waals surface area contributed by atoms with E-state index < -0.39 is 17.0 Å². The Bertz CT molecular complexity index is 934. The standard InChI is InChI=1S/C21H25F2N3O2/c1-13-16(20(28)26-14(2)25-13)6-8-19(27)24-12-21(9-3-4-10-21)17-7-5-15(22)11-18(17)23/h5,7,11H,3-4,6,8-10,12H2,1-2H3,(H,24,27)(H,25,26,28). The second-order valence-electron chi connectivity index (χ2n) is 7.60. The van der Waals surface area contributed by atoms with Crippen molar-refractivity contribution in [2.75, 3.05) is 6.54 Å². The van der Waals surface area contributed by atoms with E-state index in [0.29, 0.717) is 29.2 Å².